The molecular weight excluding hydrogens is 432 g/mol. The number of unbranched alkanes of at least 4 members (excludes halogenated alkanes) is 1. The van der Waals surface area contributed by atoms with Gasteiger partial charge in [0.15, 0.2) is 0 Å². The summed E-state index contributed by atoms with van der Waals surface area (Å²) in [4.78, 5) is 29.4. The number of aliphatic carboxylic acids is 1. The fourth-order valence-corrected chi connectivity index (χ4v) is 4.31. The lowest BCUT2D eigenvalue weighted by atomic mass is 10.1. The highest BCUT2D eigenvalue weighted by atomic mass is 32.2. The van der Waals surface area contributed by atoms with E-state index in [-0.39, 0.29) is 17.7 Å². The topological polar surface area (TPSA) is 138 Å². The minimum absolute atomic E-state index is 0.213. The fraction of sp³-hybridized carbons (Fsp3) is 0.316. The first-order chi connectivity index (χ1) is 14.1. The number of fused-ring (bicyclic) bond motifs is 1. The Labute approximate surface area is 176 Å². The van der Waals surface area contributed by atoms with Crippen LogP contribution in [0, 0.1) is 0 Å². The van der Waals surface area contributed by atoms with Crippen molar-refractivity contribution in [3.05, 3.63) is 45.8 Å². The second kappa shape index (κ2) is 8.94. The minimum Gasteiger partial charge on any atom is -0.481 e. The summed E-state index contributed by atoms with van der Waals surface area (Å²) in [7, 11) is -2.12. The van der Waals surface area contributed by atoms with Gasteiger partial charge in [-0.2, -0.15) is 8.42 Å². The molecule has 0 aliphatic rings. The molecule has 2 N–H and O–H groups in total. The highest BCUT2D eigenvalue weighted by molar-refractivity contribution is 7.85. The predicted molar refractivity (Wildman–Crippen MR) is 114 cm³/mol. The molecule has 160 valence electrons. The summed E-state index contributed by atoms with van der Waals surface area (Å²) < 4.78 is 35.8. The van der Waals surface area contributed by atoms with Gasteiger partial charge in [-0.15, -0.1) is 11.3 Å². The average Bonchev–Trinajstić information content (AvgIpc) is 3.10. The molecule has 0 aliphatic carbocycles. The Morgan fingerprint density at radius 3 is 2.73 bits per heavy atom. The highest BCUT2D eigenvalue weighted by Crippen LogP contribution is 2.27. The fourth-order valence-electron chi connectivity index (χ4n) is 2.92. The highest BCUT2D eigenvalue weighted by Gasteiger charge is 2.14. The molecule has 2 heterocycles. The lowest BCUT2D eigenvalue weighted by Gasteiger charge is -2.19. The number of nitrogens with zero attached hydrogens (tertiary/aromatic N) is 2. The summed E-state index contributed by atoms with van der Waals surface area (Å²) in [6.45, 7) is 0.564. The summed E-state index contributed by atoms with van der Waals surface area (Å²) in [6, 6.07) is 7.05. The van der Waals surface area contributed by atoms with Crippen molar-refractivity contribution < 1.29 is 27.3 Å². The van der Waals surface area contributed by atoms with Crippen molar-refractivity contribution in [3.8, 4) is 10.6 Å². The molecule has 1 aromatic carbocycles. The first-order valence-electron chi connectivity index (χ1n) is 9.03. The third kappa shape index (κ3) is 5.65. The van der Waals surface area contributed by atoms with Crippen LogP contribution in [0.25, 0.3) is 21.5 Å². The van der Waals surface area contributed by atoms with Crippen LogP contribution in [0.1, 0.15) is 18.5 Å². The summed E-state index contributed by atoms with van der Waals surface area (Å²) in [6.07, 6.45) is 0.697. The zero-order chi connectivity index (χ0) is 21.9. The van der Waals surface area contributed by atoms with Crippen molar-refractivity contribution in [3.63, 3.8) is 0 Å². The Morgan fingerprint density at radius 2 is 2.03 bits per heavy atom. The summed E-state index contributed by atoms with van der Waals surface area (Å²) in [5.41, 5.74) is 1.28. The molecule has 0 amide bonds. The molecule has 0 spiro atoms. The Kier molecular flexibility index (Phi) is 6.54. The van der Waals surface area contributed by atoms with Crippen molar-refractivity contribution in [2.45, 2.75) is 19.3 Å². The molecule has 0 unspecified atom stereocenters. The number of hydrogen-bond donors (Lipinski definition) is 2. The molecule has 0 saturated heterocycles. The van der Waals surface area contributed by atoms with Crippen LogP contribution in [0.3, 0.4) is 0 Å². The summed E-state index contributed by atoms with van der Waals surface area (Å²) in [5, 5.41) is 11.6. The number of rotatable bonds is 9. The van der Waals surface area contributed by atoms with Gasteiger partial charge in [0.25, 0.3) is 10.1 Å². The third-order valence-corrected chi connectivity index (χ3v) is 6.15. The lowest BCUT2D eigenvalue weighted by Crippen LogP contribution is -2.19. The molecule has 0 radical (unpaired) electrons. The van der Waals surface area contributed by atoms with Crippen molar-refractivity contribution in [1.29, 1.82) is 0 Å². The van der Waals surface area contributed by atoms with E-state index in [4.69, 9.17) is 14.1 Å². The van der Waals surface area contributed by atoms with Crippen LogP contribution in [0.4, 0.5) is 5.69 Å². The van der Waals surface area contributed by atoms with E-state index in [1.54, 1.807) is 23.6 Å². The molecule has 0 bridgehead atoms. The Hall–Kier alpha value is -2.76. The second-order valence-corrected chi connectivity index (χ2v) is 9.23. The molecule has 3 aromatic rings. The standard InChI is InChI=1S/C19H20N2O7S2/c1-21(6-2-3-7-30(25,26)27)14-5-4-12-8-15(19(24)28-16(12)10-14)18-20-13(11-29-18)9-17(22)23/h4-5,8,10-11H,2-3,6-7,9H2,1H3,(H,22,23)(H,25,26,27). The Balaban J connectivity index is 1.78. The minimum atomic E-state index is -3.95. The van der Waals surface area contributed by atoms with Gasteiger partial charge in [-0.05, 0) is 31.0 Å². The number of anilines is 1. The Bertz CT molecular complexity index is 1230. The van der Waals surface area contributed by atoms with E-state index in [1.807, 2.05) is 18.0 Å². The maximum atomic E-state index is 12.4. The van der Waals surface area contributed by atoms with Gasteiger partial charge < -0.3 is 14.4 Å². The zero-order valence-electron chi connectivity index (χ0n) is 16.1. The summed E-state index contributed by atoms with van der Waals surface area (Å²) >= 11 is 1.18. The first kappa shape index (κ1) is 21.9. The van der Waals surface area contributed by atoms with Gasteiger partial charge in [-0.3, -0.25) is 9.35 Å². The van der Waals surface area contributed by atoms with E-state index >= 15 is 0 Å². The SMILES string of the molecule is CN(CCCCS(=O)(=O)O)c1ccc2cc(-c3nc(CC(=O)O)cs3)c(=O)oc2c1. The lowest BCUT2D eigenvalue weighted by molar-refractivity contribution is -0.136. The van der Waals surface area contributed by atoms with Crippen molar-refractivity contribution >= 4 is 44.1 Å². The monoisotopic (exact) mass is 452 g/mol. The van der Waals surface area contributed by atoms with Gasteiger partial charge in [0, 0.05) is 36.1 Å². The normalized spacial score (nSPS) is 11.7. The number of thiazole rings is 1. The maximum absolute atomic E-state index is 12.4. The maximum Gasteiger partial charge on any atom is 0.346 e. The smallest absolute Gasteiger partial charge is 0.346 e. The average molecular weight is 453 g/mol. The van der Waals surface area contributed by atoms with E-state index in [1.165, 1.54) is 11.3 Å². The van der Waals surface area contributed by atoms with Crippen LogP contribution in [-0.2, 0) is 21.3 Å². The molecule has 0 aliphatic heterocycles. The van der Waals surface area contributed by atoms with Crippen LogP contribution in [0.15, 0.2) is 38.9 Å². The van der Waals surface area contributed by atoms with E-state index < -0.39 is 21.7 Å². The molecular formula is C19H20N2O7S2. The van der Waals surface area contributed by atoms with Crippen LogP contribution in [-0.4, -0.2) is 48.4 Å². The number of carboxylic acids is 1. The largest absolute Gasteiger partial charge is 0.481 e. The number of benzene rings is 1. The third-order valence-electron chi connectivity index (χ3n) is 4.42. The van der Waals surface area contributed by atoms with Gasteiger partial charge in [0.2, 0.25) is 0 Å². The quantitative estimate of drug-likeness (QED) is 0.285. The second-order valence-electron chi connectivity index (χ2n) is 6.80. The number of carbonyl (C=O) groups is 1. The molecule has 2 aromatic heterocycles. The van der Waals surface area contributed by atoms with Gasteiger partial charge in [-0.25, -0.2) is 9.78 Å². The number of aromatic nitrogens is 1. The predicted octanol–water partition coefficient (Wildman–Crippen LogP) is 2.65. The number of carboxylic acid groups (broad SMARTS) is 1. The molecule has 3 rings (SSSR count). The van der Waals surface area contributed by atoms with Crippen LogP contribution in [0.2, 0.25) is 0 Å². The van der Waals surface area contributed by atoms with Gasteiger partial charge in [-0.1, -0.05) is 0 Å². The van der Waals surface area contributed by atoms with E-state index in [0.29, 0.717) is 41.1 Å². The van der Waals surface area contributed by atoms with Gasteiger partial charge >= 0.3 is 11.6 Å². The van der Waals surface area contributed by atoms with Crippen molar-refractivity contribution in [2.24, 2.45) is 0 Å². The molecule has 11 heteroatoms. The Morgan fingerprint density at radius 1 is 1.27 bits per heavy atom. The molecule has 0 fully saturated rings. The zero-order valence-corrected chi connectivity index (χ0v) is 17.7. The van der Waals surface area contributed by atoms with Crippen LogP contribution in [0.5, 0.6) is 0 Å². The van der Waals surface area contributed by atoms with Crippen molar-refractivity contribution in [1.82, 2.24) is 4.98 Å². The van der Waals surface area contributed by atoms with E-state index in [9.17, 15) is 18.0 Å². The van der Waals surface area contributed by atoms with Gasteiger partial charge in [0.1, 0.15) is 10.6 Å². The van der Waals surface area contributed by atoms with Crippen molar-refractivity contribution in [2.75, 3.05) is 24.2 Å². The molecule has 30 heavy (non-hydrogen) atoms. The van der Waals surface area contributed by atoms with Gasteiger partial charge in [0.05, 0.1) is 23.4 Å². The summed E-state index contributed by atoms with van der Waals surface area (Å²) in [5.74, 6) is -1.27. The first-order valence-corrected chi connectivity index (χ1v) is 11.5. The van der Waals surface area contributed by atoms with E-state index in [2.05, 4.69) is 4.98 Å². The van der Waals surface area contributed by atoms with Crippen LogP contribution >= 0.6 is 11.3 Å². The molecule has 9 nitrogen and oxygen atoms in total. The number of hydrogen-bond acceptors (Lipinski definition) is 8. The molecule has 0 saturated carbocycles. The molecule has 0 atom stereocenters. The van der Waals surface area contributed by atoms with Crippen LogP contribution < -0.4 is 10.5 Å². The van der Waals surface area contributed by atoms with E-state index in [0.717, 1.165) is 5.69 Å².